The van der Waals surface area contributed by atoms with E-state index in [1.54, 1.807) is 39.5 Å². The van der Waals surface area contributed by atoms with E-state index in [0.717, 1.165) is 11.1 Å². The molecule has 0 aromatic heterocycles. The number of hydrogen-bond donors (Lipinski definition) is 1. The maximum Gasteiger partial charge on any atom is 0.258 e. The lowest BCUT2D eigenvalue weighted by atomic mass is 9.95. The molecule has 1 aromatic carbocycles. The van der Waals surface area contributed by atoms with Gasteiger partial charge in [0.2, 0.25) is 0 Å². The van der Waals surface area contributed by atoms with Crippen LogP contribution >= 0.6 is 0 Å². The maximum atomic E-state index is 9.54. The molecule has 1 aliphatic carbocycles. The maximum absolute atomic E-state index is 9.54. The smallest absolute Gasteiger partial charge is 0.258 e. The lowest BCUT2D eigenvalue weighted by Gasteiger charge is -2.39. The second-order valence-electron chi connectivity index (χ2n) is 5.27. The molecule has 0 saturated carbocycles. The number of methoxy groups -OCH3 is 3. The summed E-state index contributed by atoms with van der Waals surface area (Å²) in [6.45, 7) is 2.35. The predicted molar refractivity (Wildman–Crippen MR) is 92.5 cm³/mol. The van der Waals surface area contributed by atoms with Gasteiger partial charge in [0.25, 0.3) is 5.79 Å². The van der Waals surface area contributed by atoms with Gasteiger partial charge in [-0.05, 0) is 42.3 Å². The Morgan fingerprint density at radius 2 is 2.00 bits per heavy atom. The van der Waals surface area contributed by atoms with E-state index in [4.69, 9.17) is 18.9 Å². The number of phenolic OH excluding ortho intramolecular Hbond substituents is 1. The molecular weight excluding hydrogens is 308 g/mol. The third kappa shape index (κ3) is 3.70. The fraction of sp³-hybridized carbons (Fsp3) is 0.368. The van der Waals surface area contributed by atoms with Gasteiger partial charge in [-0.2, -0.15) is 0 Å². The Kier molecular flexibility index (Phi) is 6.20. The molecule has 1 N–H and O–H groups in total. The topological polar surface area (TPSA) is 57.2 Å². The molecule has 2 unspecified atom stereocenters. The Hall–Kier alpha value is -2.08. The first-order chi connectivity index (χ1) is 11.6. The molecule has 5 heteroatoms. The highest BCUT2D eigenvalue weighted by Crippen LogP contribution is 2.35. The van der Waals surface area contributed by atoms with Gasteiger partial charge in [-0.1, -0.05) is 24.3 Å². The van der Waals surface area contributed by atoms with Crippen molar-refractivity contribution in [2.45, 2.75) is 18.8 Å². The number of hydrogen-bond acceptors (Lipinski definition) is 5. The Bertz CT molecular complexity index is 647. The van der Waals surface area contributed by atoms with Crippen molar-refractivity contribution in [2.24, 2.45) is 0 Å². The quantitative estimate of drug-likeness (QED) is 0.777. The van der Waals surface area contributed by atoms with Crippen LogP contribution in [0.25, 0.3) is 6.08 Å². The summed E-state index contributed by atoms with van der Waals surface area (Å²) in [5.41, 5.74) is 1.79. The zero-order valence-corrected chi connectivity index (χ0v) is 14.5. The van der Waals surface area contributed by atoms with Crippen LogP contribution in [-0.2, 0) is 18.9 Å². The van der Waals surface area contributed by atoms with Crippen molar-refractivity contribution < 1.29 is 24.1 Å². The fourth-order valence-corrected chi connectivity index (χ4v) is 2.72. The van der Waals surface area contributed by atoms with Gasteiger partial charge >= 0.3 is 0 Å². The highest BCUT2D eigenvalue weighted by atomic mass is 16.7. The molecule has 0 bridgehead atoms. The Morgan fingerprint density at radius 3 is 2.58 bits per heavy atom. The number of ether oxygens (including phenoxy) is 4. The normalized spacial score (nSPS) is 23.9. The molecule has 0 aliphatic heterocycles. The third-order valence-electron chi connectivity index (χ3n) is 3.83. The van der Waals surface area contributed by atoms with Gasteiger partial charge < -0.3 is 24.1 Å². The molecule has 2 atom stereocenters. The predicted octanol–water partition coefficient (Wildman–Crippen LogP) is 3.27. The van der Waals surface area contributed by atoms with E-state index in [0.29, 0.717) is 12.4 Å². The molecule has 24 heavy (non-hydrogen) atoms. The molecule has 130 valence electrons. The lowest BCUT2D eigenvalue weighted by molar-refractivity contribution is -0.257. The van der Waals surface area contributed by atoms with Crippen molar-refractivity contribution in [1.82, 2.24) is 0 Å². The third-order valence-corrected chi connectivity index (χ3v) is 3.83. The van der Waals surface area contributed by atoms with Gasteiger partial charge in [0.15, 0.2) is 5.76 Å². The summed E-state index contributed by atoms with van der Waals surface area (Å²) in [6, 6.07) is 7.03. The lowest BCUT2D eigenvalue weighted by Crippen LogP contribution is -2.50. The van der Waals surface area contributed by atoms with E-state index < -0.39 is 11.9 Å². The molecule has 5 nitrogen and oxygen atoms in total. The second kappa shape index (κ2) is 8.15. The highest BCUT2D eigenvalue weighted by molar-refractivity contribution is 5.57. The summed E-state index contributed by atoms with van der Waals surface area (Å²) in [5, 5.41) is 9.54. The second-order valence-corrected chi connectivity index (χ2v) is 5.27. The number of phenols is 1. The van der Waals surface area contributed by atoms with Crippen molar-refractivity contribution in [3.05, 3.63) is 59.4 Å². The number of allylic oxidation sites excluding steroid dienone is 3. The summed E-state index contributed by atoms with van der Waals surface area (Å²) in [6.07, 6.45) is 7.15. The van der Waals surface area contributed by atoms with Crippen LogP contribution in [0.1, 0.15) is 12.5 Å². The minimum absolute atomic E-state index is 0.229. The Labute approximate surface area is 142 Å². The van der Waals surface area contributed by atoms with Crippen LogP contribution in [0.5, 0.6) is 5.75 Å². The molecule has 0 radical (unpaired) electrons. The number of aromatic hydroxyl groups is 1. The van der Waals surface area contributed by atoms with Crippen molar-refractivity contribution in [2.75, 3.05) is 27.9 Å². The summed E-state index contributed by atoms with van der Waals surface area (Å²) in [7, 11) is 4.74. The molecule has 1 aromatic rings. The Morgan fingerprint density at radius 1 is 1.21 bits per heavy atom. The van der Waals surface area contributed by atoms with Gasteiger partial charge in [-0.25, -0.2) is 0 Å². The van der Waals surface area contributed by atoms with Crippen LogP contribution in [-0.4, -0.2) is 44.9 Å². The van der Waals surface area contributed by atoms with E-state index in [1.165, 1.54) is 0 Å². The minimum Gasteiger partial charge on any atom is -0.508 e. The molecule has 0 fully saturated rings. The van der Waals surface area contributed by atoms with Crippen molar-refractivity contribution >= 4 is 6.08 Å². The molecule has 0 heterocycles. The standard InChI is InChI=1S/C19H24O5/c1-5-24-19(23-4)17(21-2)12-15(13-18(19)22-3)10-9-14-7-6-8-16(20)11-14/h6-13,17,20H,5H2,1-4H3/b10-9+. The first kappa shape index (κ1) is 18.3. The van der Waals surface area contributed by atoms with E-state index >= 15 is 0 Å². The molecule has 0 amide bonds. The van der Waals surface area contributed by atoms with E-state index in [9.17, 15) is 5.11 Å². The van der Waals surface area contributed by atoms with Crippen molar-refractivity contribution in [3.63, 3.8) is 0 Å². The average molecular weight is 332 g/mol. The summed E-state index contributed by atoms with van der Waals surface area (Å²) in [5.74, 6) is -0.329. The zero-order chi connectivity index (χ0) is 17.6. The largest absolute Gasteiger partial charge is 0.508 e. The van der Waals surface area contributed by atoms with Gasteiger partial charge in [0.05, 0.1) is 7.11 Å². The number of rotatable bonds is 7. The van der Waals surface area contributed by atoms with Crippen LogP contribution in [0.3, 0.4) is 0 Å². The molecular formula is C19H24O5. The van der Waals surface area contributed by atoms with Crippen LogP contribution < -0.4 is 0 Å². The average Bonchev–Trinajstić information content (AvgIpc) is 2.60. The summed E-state index contributed by atoms with van der Waals surface area (Å²) >= 11 is 0. The monoisotopic (exact) mass is 332 g/mol. The Balaban J connectivity index is 2.33. The van der Waals surface area contributed by atoms with Crippen LogP contribution in [0.4, 0.5) is 0 Å². The van der Waals surface area contributed by atoms with E-state index in [-0.39, 0.29) is 5.75 Å². The first-order valence-corrected chi connectivity index (χ1v) is 7.76. The minimum atomic E-state index is -1.10. The fourth-order valence-electron chi connectivity index (χ4n) is 2.72. The van der Waals surface area contributed by atoms with Gasteiger partial charge in [0, 0.05) is 20.8 Å². The number of benzene rings is 1. The zero-order valence-electron chi connectivity index (χ0n) is 14.5. The van der Waals surface area contributed by atoms with E-state index in [1.807, 2.05) is 37.3 Å². The van der Waals surface area contributed by atoms with Gasteiger partial charge in [-0.15, -0.1) is 0 Å². The van der Waals surface area contributed by atoms with Gasteiger partial charge in [0.1, 0.15) is 11.9 Å². The molecule has 0 saturated heterocycles. The first-order valence-electron chi connectivity index (χ1n) is 7.76. The molecule has 1 aliphatic rings. The summed E-state index contributed by atoms with van der Waals surface area (Å²) in [4.78, 5) is 0. The van der Waals surface area contributed by atoms with Gasteiger partial charge in [-0.3, -0.25) is 0 Å². The van der Waals surface area contributed by atoms with Crippen molar-refractivity contribution in [1.29, 1.82) is 0 Å². The summed E-state index contributed by atoms with van der Waals surface area (Å²) < 4.78 is 22.5. The highest BCUT2D eigenvalue weighted by Gasteiger charge is 2.47. The van der Waals surface area contributed by atoms with Crippen LogP contribution in [0.2, 0.25) is 0 Å². The van der Waals surface area contributed by atoms with Crippen molar-refractivity contribution in [3.8, 4) is 5.75 Å². The molecule has 2 rings (SSSR count). The molecule has 0 spiro atoms. The SMILES string of the molecule is CCOC1(OC)C(OC)=CC(/C=C/c2cccc(O)c2)=CC1OC. The van der Waals surface area contributed by atoms with Crippen LogP contribution in [0, 0.1) is 0 Å². The van der Waals surface area contributed by atoms with Crippen LogP contribution in [0.15, 0.2) is 53.8 Å². The van der Waals surface area contributed by atoms with E-state index in [2.05, 4.69) is 0 Å².